The summed E-state index contributed by atoms with van der Waals surface area (Å²) in [6.45, 7) is 0. The normalized spacial score (nSPS) is 11.4. The van der Waals surface area contributed by atoms with Crippen LogP contribution < -0.4 is 4.35 Å². The standard InChI is InChI=1S/C6H6AsO3/c8-7(9,10)6-4-2-1-3-5-6/h1-2,4-5H,(H2,8,9,10). The molecule has 0 fully saturated rings. The average Bonchev–Trinajstić information content (AvgIpc) is 1.88. The van der Waals surface area contributed by atoms with Crippen molar-refractivity contribution in [3.63, 3.8) is 0 Å². The Hall–Kier alpha value is -0.502. The first-order valence-corrected chi connectivity index (χ1v) is 6.01. The van der Waals surface area contributed by atoms with Crippen LogP contribution in [0.25, 0.3) is 0 Å². The van der Waals surface area contributed by atoms with E-state index in [2.05, 4.69) is 6.07 Å². The maximum atomic E-state index is 10.6. The van der Waals surface area contributed by atoms with E-state index >= 15 is 0 Å². The third kappa shape index (κ3) is 1.74. The molecule has 0 saturated heterocycles. The third-order valence-corrected chi connectivity index (χ3v) is 3.02. The second-order valence-corrected chi connectivity index (χ2v) is 5.17. The summed E-state index contributed by atoms with van der Waals surface area (Å²) in [6.07, 6.45) is 0. The van der Waals surface area contributed by atoms with Crippen LogP contribution in [0.3, 0.4) is 0 Å². The van der Waals surface area contributed by atoms with E-state index in [1.807, 2.05) is 0 Å². The zero-order valence-corrected chi connectivity index (χ0v) is 6.94. The molecule has 0 saturated carbocycles. The first kappa shape index (κ1) is 7.60. The molecule has 1 aromatic carbocycles. The van der Waals surface area contributed by atoms with E-state index in [9.17, 15) is 3.74 Å². The van der Waals surface area contributed by atoms with Gasteiger partial charge in [-0.25, -0.2) is 0 Å². The topological polar surface area (TPSA) is 57.5 Å². The van der Waals surface area contributed by atoms with E-state index < -0.39 is 14.2 Å². The molecule has 0 aromatic heterocycles. The van der Waals surface area contributed by atoms with Crippen LogP contribution in [0.15, 0.2) is 24.3 Å². The van der Waals surface area contributed by atoms with Gasteiger partial charge >= 0.3 is 60.8 Å². The van der Waals surface area contributed by atoms with Crippen molar-refractivity contribution >= 4 is 18.5 Å². The molecule has 1 rings (SSSR count). The van der Waals surface area contributed by atoms with Crippen molar-refractivity contribution in [3.8, 4) is 0 Å². The van der Waals surface area contributed by atoms with E-state index in [1.54, 1.807) is 12.1 Å². The van der Waals surface area contributed by atoms with Gasteiger partial charge in [-0.1, -0.05) is 0 Å². The van der Waals surface area contributed by atoms with Crippen molar-refractivity contribution in [2.75, 3.05) is 0 Å². The van der Waals surface area contributed by atoms with E-state index in [0.29, 0.717) is 0 Å². The Morgan fingerprint density at radius 1 is 1.50 bits per heavy atom. The molecule has 53 valence electrons. The molecule has 1 aromatic rings. The molecule has 0 unspecified atom stereocenters. The van der Waals surface area contributed by atoms with Crippen molar-refractivity contribution < 1.29 is 11.9 Å². The second kappa shape index (κ2) is 2.62. The SMILES string of the molecule is O=[As](O)(O)c1c[c]ccc1. The molecule has 0 atom stereocenters. The van der Waals surface area contributed by atoms with Crippen LogP contribution >= 0.6 is 0 Å². The maximum absolute atomic E-state index is 10.6. The molecule has 0 heterocycles. The molecule has 0 amide bonds. The quantitative estimate of drug-likeness (QED) is 0.576. The molecule has 3 nitrogen and oxygen atoms in total. The van der Waals surface area contributed by atoms with Gasteiger partial charge < -0.3 is 0 Å². The molecule has 2 N–H and O–H groups in total. The molecule has 10 heavy (non-hydrogen) atoms. The Morgan fingerprint density at radius 2 is 2.20 bits per heavy atom. The first-order chi connectivity index (χ1) is 4.61. The van der Waals surface area contributed by atoms with Crippen molar-refractivity contribution in [2.45, 2.75) is 0 Å². The minimum atomic E-state index is -4.63. The Kier molecular flexibility index (Phi) is 1.99. The fraction of sp³-hybridized carbons (Fsp3) is 0. The monoisotopic (exact) mass is 201 g/mol. The zero-order valence-electron chi connectivity index (χ0n) is 5.06. The third-order valence-electron chi connectivity index (χ3n) is 1.03. The van der Waals surface area contributed by atoms with Crippen LogP contribution in [0.2, 0.25) is 0 Å². The molecule has 1 radical (unpaired) electrons. The molecular weight excluding hydrogens is 195 g/mol. The van der Waals surface area contributed by atoms with Crippen LogP contribution in [-0.2, 0) is 3.74 Å². The zero-order chi connectivity index (χ0) is 7.61. The molecule has 0 bridgehead atoms. The predicted octanol–water partition coefficient (Wildman–Crippen LogP) is -0.952. The van der Waals surface area contributed by atoms with Crippen molar-refractivity contribution in [3.05, 3.63) is 30.3 Å². The van der Waals surface area contributed by atoms with Crippen LogP contribution in [0.4, 0.5) is 0 Å². The molecule has 0 aliphatic carbocycles. The fourth-order valence-corrected chi connectivity index (χ4v) is 1.66. The first-order valence-electron chi connectivity index (χ1n) is 2.63. The summed E-state index contributed by atoms with van der Waals surface area (Å²) >= 11 is -4.63. The van der Waals surface area contributed by atoms with Gasteiger partial charge in [0.05, 0.1) is 0 Å². The molecule has 4 heteroatoms. The number of rotatable bonds is 1. The van der Waals surface area contributed by atoms with Crippen molar-refractivity contribution in [1.29, 1.82) is 0 Å². The van der Waals surface area contributed by atoms with Gasteiger partial charge in [0.2, 0.25) is 0 Å². The van der Waals surface area contributed by atoms with E-state index in [-0.39, 0.29) is 4.35 Å². The van der Waals surface area contributed by atoms with Crippen LogP contribution in [0.5, 0.6) is 0 Å². The van der Waals surface area contributed by atoms with Crippen molar-refractivity contribution in [2.24, 2.45) is 0 Å². The molecule has 0 aliphatic heterocycles. The van der Waals surface area contributed by atoms with E-state index in [4.69, 9.17) is 8.19 Å². The molecule has 0 spiro atoms. The van der Waals surface area contributed by atoms with Gasteiger partial charge in [0.15, 0.2) is 0 Å². The Balaban J connectivity index is 3.09. The van der Waals surface area contributed by atoms with Gasteiger partial charge in [0, 0.05) is 0 Å². The Labute approximate surface area is 61.3 Å². The van der Waals surface area contributed by atoms with Gasteiger partial charge in [-0.3, -0.25) is 0 Å². The van der Waals surface area contributed by atoms with Crippen LogP contribution in [-0.4, -0.2) is 22.4 Å². The van der Waals surface area contributed by atoms with Gasteiger partial charge in [-0.15, -0.1) is 0 Å². The fourth-order valence-electron chi connectivity index (χ4n) is 0.565. The van der Waals surface area contributed by atoms with Gasteiger partial charge in [0.25, 0.3) is 0 Å². The minimum absolute atomic E-state index is 0.0700. The Morgan fingerprint density at radius 3 is 2.50 bits per heavy atom. The van der Waals surface area contributed by atoms with Crippen molar-refractivity contribution in [1.82, 2.24) is 0 Å². The van der Waals surface area contributed by atoms with Gasteiger partial charge in [0.1, 0.15) is 0 Å². The molecular formula is C6H6AsO3. The second-order valence-electron chi connectivity index (χ2n) is 1.81. The number of benzene rings is 1. The average molecular weight is 201 g/mol. The summed E-state index contributed by atoms with van der Waals surface area (Å²) in [6, 6.07) is 8.44. The number of hydrogen-bond donors (Lipinski definition) is 2. The predicted molar refractivity (Wildman–Crippen MR) is 35.8 cm³/mol. The van der Waals surface area contributed by atoms with E-state index in [1.165, 1.54) is 12.1 Å². The summed E-state index contributed by atoms with van der Waals surface area (Å²) in [5.74, 6) is 0. The summed E-state index contributed by atoms with van der Waals surface area (Å²) in [5, 5.41) is 0. The van der Waals surface area contributed by atoms with Crippen LogP contribution in [0, 0.1) is 6.07 Å². The molecule has 0 aliphatic rings. The summed E-state index contributed by atoms with van der Waals surface area (Å²) in [4.78, 5) is 0. The Bertz CT molecular complexity index is 251. The number of hydrogen-bond acceptors (Lipinski definition) is 1. The summed E-state index contributed by atoms with van der Waals surface area (Å²) in [5.41, 5.74) is 0. The van der Waals surface area contributed by atoms with E-state index in [0.717, 1.165) is 0 Å². The van der Waals surface area contributed by atoms with Gasteiger partial charge in [-0.05, 0) is 0 Å². The van der Waals surface area contributed by atoms with Crippen LogP contribution in [0.1, 0.15) is 0 Å². The van der Waals surface area contributed by atoms with Gasteiger partial charge in [-0.2, -0.15) is 0 Å². The summed E-state index contributed by atoms with van der Waals surface area (Å²) in [7, 11) is 0. The summed E-state index contributed by atoms with van der Waals surface area (Å²) < 4.78 is 27.9.